The van der Waals surface area contributed by atoms with Crippen molar-refractivity contribution in [3.8, 4) is 22.5 Å². The zero-order valence-corrected chi connectivity index (χ0v) is 24.9. The van der Waals surface area contributed by atoms with Gasteiger partial charge in [0.25, 0.3) is 5.91 Å². The lowest BCUT2D eigenvalue weighted by atomic mass is 9.98. The number of nitrogens with zero attached hydrogens (tertiary/aromatic N) is 4. The van der Waals surface area contributed by atoms with Crippen molar-refractivity contribution >= 4 is 28.2 Å². The molecule has 4 N–H and O–H groups in total. The van der Waals surface area contributed by atoms with E-state index in [4.69, 9.17) is 16.6 Å². The molecule has 1 aliphatic heterocycles. The predicted octanol–water partition coefficient (Wildman–Crippen LogP) is 5.45. The molecule has 8 nitrogen and oxygen atoms in total. The van der Waals surface area contributed by atoms with Gasteiger partial charge in [-0.3, -0.25) is 9.59 Å². The normalized spacial score (nSPS) is 21.2. The highest BCUT2D eigenvalue weighted by Crippen LogP contribution is 2.40. The minimum Gasteiger partial charge on any atom is -0.366 e. The largest absolute Gasteiger partial charge is 0.366 e. The van der Waals surface area contributed by atoms with E-state index in [1.165, 1.54) is 18.9 Å². The van der Waals surface area contributed by atoms with Gasteiger partial charge in [0, 0.05) is 59.0 Å². The molecule has 5 aromatic rings. The van der Waals surface area contributed by atoms with Crippen molar-refractivity contribution in [3.05, 3.63) is 82.8 Å². The van der Waals surface area contributed by atoms with Crippen molar-refractivity contribution in [1.29, 1.82) is 0 Å². The van der Waals surface area contributed by atoms with Crippen LogP contribution in [0, 0.1) is 31.5 Å². The summed E-state index contributed by atoms with van der Waals surface area (Å²) in [6.07, 6.45) is 6.28. The van der Waals surface area contributed by atoms with Crippen molar-refractivity contribution in [2.75, 3.05) is 6.54 Å². The Balaban J connectivity index is 1.20. The van der Waals surface area contributed by atoms with E-state index in [0.717, 1.165) is 64.9 Å². The van der Waals surface area contributed by atoms with Crippen molar-refractivity contribution in [1.82, 2.24) is 19.1 Å². The minimum atomic E-state index is -0.641. The van der Waals surface area contributed by atoms with Gasteiger partial charge in [-0.1, -0.05) is 12.1 Å². The van der Waals surface area contributed by atoms with Gasteiger partial charge in [0.1, 0.15) is 11.5 Å². The van der Waals surface area contributed by atoms with Gasteiger partial charge in [-0.15, -0.1) is 0 Å². The lowest BCUT2D eigenvalue weighted by Gasteiger charge is -2.27. The Morgan fingerprint density at radius 3 is 2.52 bits per heavy atom. The Bertz CT molecular complexity index is 2020. The molecule has 224 valence electrons. The molecule has 9 heteroatoms. The average molecular weight is 591 g/mol. The number of rotatable bonds is 6. The van der Waals surface area contributed by atoms with Crippen molar-refractivity contribution in [3.63, 3.8) is 0 Å². The standard InChI is InChI=1S/C35H35FN6O2/c1-18-11-26(27(36)14-25(18)34(38)43)21-5-6-22-13-31(40(30(22)12-21)15-20-3-4-20)33-19(2)28-9-8-24(17-42(28)39-33)35(44)41-16-23-7-10-29(41)32(23)37/h5-6,8-9,11-14,17,20,23,29,32H,3-4,7,10,15-16,37H2,1-2H3,(H2,38,43)/t23?,29?,32-/m1/s1. The first kappa shape index (κ1) is 27.1. The number of pyridine rings is 1. The third-order valence-corrected chi connectivity index (χ3v) is 10.2. The van der Waals surface area contributed by atoms with Gasteiger partial charge < -0.3 is 20.9 Å². The van der Waals surface area contributed by atoms with Crippen LogP contribution in [-0.4, -0.2) is 49.5 Å². The van der Waals surface area contributed by atoms with Gasteiger partial charge in [0.2, 0.25) is 5.91 Å². The molecule has 3 fully saturated rings. The number of hydrogen-bond donors (Lipinski definition) is 2. The van der Waals surface area contributed by atoms with E-state index in [-0.39, 0.29) is 23.6 Å². The number of primary amides is 1. The fraction of sp³-hybridized carbons (Fsp3) is 0.343. The van der Waals surface area contributed by atoms with E-state index in [1.807, 2.05) is 45.9 Å². The van der Waals surface area contributed by atoms with Crippen molar-refractivity contribution < 1.29 is 14.0 Å². The molecule has 8 rings (SSSR count). The Hall–Kier alpha value is -4.50. The van der Waals surface area contributed by atoms with Gasteiger partial charge >= 0.3 is 0 Å². The number of likely N-dealkylation sites (tertiary alicyclic amines) is 1. The van der Waals surface area contributed by atoms with E-state index >= 15 is 4.39 Å². The highest BCUT2D eigenvalue weighted by atomic mass is 19.1. The van der Waals surface area contributed by atoms with Crippen LogP contribution in [0.25, 0.3) is 38.9 Å². The summed E-state index contributed by atoms with van der Waals surface area (Å²) in [6.45, 7) is 5.42. The number of amides is 2. The molecule has 1 saturated heterocycles. The molecule has 2 bridgehead atoms. The van der Waals surface area contributed by atoms with Gasteiger partial charge in [0.15, 0.2) is 0 Å². The zero-order chi connectivity index (χ0) is 30.4. The van der Waals surface area contributed by atoms with Crippen LogP contribution < -0.4 is 11.5 Å². The van der Waals surface area contributed by atoms with Crippen LogP contribution in [0.15, 0.2) is 54.7 Å². The number of aryl methyl sites for hydroxylation is 2. The summed E-state index contributed by atoms with van der Waals surface area (Å²) in [7, 11) is 0. The lowest BCUT2D eigenvalue weighted by molar-refractivity contribution is 0.0700. The highest BCUT2D eigenvalue weighted by Gasteiger charge is 2.46. The summed E-state index contributed by atoms with van der Waals surface area (Å²) < 4.78 is 19.4. The van der Waals surface area contributed by atoms with Crippen LogP contribution in [0.2, 0.25) is 0 Å². The number of aromatic nitrogens is 3. The third kappa shape index (κ3) is 4.17. The third-order valence-electron chi connectivity index (χ3n) is 10.2. The fourth-order valence-corrected chi connectivity index (χ4v) is 7.53. The number of carbonyl (C=O) groups is 2. The summed E-state index contributed by atoms with van der Waals surface area (Å²) in [5, 5.41) is 6.07. The predicted molar refractivity (Wildman–Crippen MR) is 168 cm³/mol. The maximum Gasteiger partial charge on any atom is 0.255 e. The molecular formula is C35H35FN6O2. The van der Waals surface area contributed by atoms with Crippen molar-refractivity contribution in [2.45, 2.75) is 58.2 Å². The molecule has 4 heterocycles. The maximum atomic E-state index is 15.2. The number of halogens is 1. The molecule has 44 heavy (non-hydrogen) atoms. The maximum absolute atomic E-state index is 15.2. The Morgan fingerprint density at radius 1 is 1.00 bits per heavy atom. The highest BCUT2D eigenvalue weighted by molar-refractivity contribution is 5.96. The summed E-state index contributed by atoms with van der Waals surface area (Å²) in [6, 6.07) is 15.1. The number of nitrogens with two attached hydrogens (primary N) is 2. The molecular weight excluding hydrogens is 555 g/mol. The minimum absolute atomic E-state index is 0.0194. The molecule has 0 spiro atoms. The molecule has 3 aromatic heterocycles. The number of piperidine rings is 1. The van der Waals surface area contributed by atoms with Crippen LogP contribution in [0.1, 0.15) is 57.5 Å². The quantitative estimate of drug-likeness (QED) is 0.274. The second-order valence-electron chi connectivity index (χ2n) is 13.0. The smallest absolute Gasteiger partial charge is 0.255 e. The monoisotopic (exact) mass is 590 g/mol. The topological polar surface area (TPSA) is 112 Å². The van der Waals surface area contributed by atoms with Gasteiger partial charge in [-0.2, -0.15) is 5.10 Å². The first-order chi connectivity index (χ1) is 21.2. The van der Waals surface area contributed by atoms with Crippen LogP contribution >= 0.6 is 0 Å². The van der Waals surface area contributed by atoms with Gasteiger partial charge in [-0.25, -0.2) is 8.91 Å². The molecule has 2 aliphatic carbocycles. The summed E-state index contributed by atoms with van der Waals surface area (Å²) in [5.74, 6) is -0.112. The summed E-state index contributed by atoms with van der Waals surface area (Å²) in [4.78, 5) is 27.2. The number of fused-ring (bicyclic) bond motifs is 4. The van der Waals surface area contributed by atoms with E-state index in [0.29, 0.717) is 28.5 Å². The van der Waals surface area contributed by atoms with Crippen molar-refractivity contribution in [2.24, 2.45) is 23.3 Å². The first-order valence-electron chi connectivity index (χ1n) is 15.5. The molecule has 3 atom stereocenters. The summed E-state index contributed by atoms with van der Waals surface area (Å²) >= 11 is 0. The average Bonchev–Trinajstić information content (AvgIpc) is 3.42. The Kier molecular flexibility index (Phi) is 6.00. The van der Waals surface area contributed by atoms with Gasteiger partial charge in [-0.05, 0) is 98.9 Å². The number of hydrogen-bond acceptors (Lipinski definition) is 4. The Labute approximate surface area is 254 Å². The lowest BCUT2D eigenvalue weighted by Crippen LogP contribution is -2.41. The molecule has 3 aliphatic rings. The molecule has 2 amide bonds. The SMILES string of the molecule is Cc1cc(-c2ccc3cc(-c4nn5cc(C(=O)N6CC7CCC6[C@@H]7N)ccc5c4C)n(CC4CC4)c3c2)c(F)cc1C(N)=O. The van der Waals surface area contributed by atoms with Gasteiger partial charge in [0.05, 0.1) is 16.8 Å². The second-order valence-corrected chi connectivity index (χ2v) is 13.0. The number of benzene rings is 2. The molecule has 2 aromatic carbocycles. The van der Waals surface area contributed by atoms with E-state index in [1.54, 1.807) is 13.0 Å². The van der Waals surface area contributed by atoms with Crippen LogP contribution in [0.3, 0.4) is 0 Å². The van der Waals surface area contributed by atoms with E-state index < -0.39 is 11.7 Å². The van der Waals surface area contributed by atoms with E-state index in [2.05, 4.69) is 17.6 Å². The fourth-order valence-electron chi connectivity index (χ4n) is 7.53. The molecule has 2 unspecified atom stereocenters. The second kappa shape index (κ2) is 9.75. The van der Waals surface area contributed by atoms with Crippen LogP contribution in [0.5, 0.6) is 0 Å². The van der Waals surface area contributed by atoms with Crippen LogP contribution in [0.4, 0.5) is 4.39 Å². The molecule has 0 radical (unpaired) electrons. The Morgan fingerprint density at radius 2 is 1.82 bits per heavy atom. The zero-order valence-electron chi connectivity index (χ0n) is 24.9. The summed E-state index contributed by atoms with van der Waals surface area (Å²) in [5.41, 5.74) is 19.3. The van der Waals surface area contributed by atoms with E-state index in [9.17, 15) is 9.59 Å². The van der Waals surface area contributed by atoms with Crippen LogP contribution in [-0.2, 0) is 6.54 Å². The first-order valence-corrected chi connectivity index (χ1v) is 15.5. The molecule has 2 saturated carbocycles. The number of carbonyl (C=O) groups excluding carboxylic acids is 2.